The number of anilines is 1. The maximum atomic E-state index is 14.8. The molecule has 0 saturated heterocycles. The normalized spacial score (nSPS) is 43.7. The number of hydrogen-bond acceptors (Lipinski definition) is 7. The highest BCUT2D eigenvalue weighted by Gasteiger charge is 2.72. The minimum absolute atomic E-state index is 0.00749. The molecule has 6 rings (SSSR count). The van der Waals surface area contributed by atoms with Crippen LogP contribution in [-0.4, -0.2) is 45.4 Å². The van der Waals surface area contributed by atoms with Gasteiger partial charge in [0.05, 0.1) is 12.6 Å². The van der Waals surface area contributed by atoms with Crippen molar-refractivity contribution >= 4 is 17.5 Å². The lowest BCUT2D eigenvalue weighted by atomic mass is 9.31. The Bertz CT molecular complexity index is 1400. The monoisotopic (exact) mass is 574 g/mol. The van der Waals surface area contributed by atoms with Crippen LogP contribution in [0.3, 0.4) is 0 Å². The van der Waals surface area contributed by atoms with E-state index in [0.29, 0.717) is 29.6 Å². The lowest BCUT2D eigenvalue weighted by molar-refractivity contribution is -0.221. The van der Waals surface area contributed by atoms with Crippen molar-refractivity contribution in [2.75, 3.05) is 18.5 Å². The minimum Gasteiger partial charge on any atom is -0.341 e. The number of nitrogens with zero attached hydrogens (tertiary/aromatic N) is 6. The van der Waals surface area contributed by atoms with Crippen molar-refractivity contribution in [3.8, 4) is 6.07 Å². The third-order valence-corrected chi connectivity index (χ3v) is 14.0. The average molecular weight is 575 g/mol. The lowest BCUT2D eigenvalue weighted by Gasteiger charge is -2.72. The number of nitriles is 1. The van der Waals surface area contributed by atoms with E-state index in [4.69, 9.17) is 0 Å². The highest BCUT2D eigenvalue weighted by Crippen LogP contribution is 2.75. The lowest BCUT2D eigenvalue weighted by Crippen LogP contribution is -2.69. The fourth-order valence-electron chi connectivity index (χ4n) is 11.7. The molecule has 1 aromatic rings. The number of aromatic nitrogens is 4. The van der Waals surface area contributed by atoms with Crippen LogP contribution in [0.25, 0.3) is 0 Å². The van der Waals surface area contributed by atoms with Gasteiger partial charge in [-0.2, -0.15) is 10.1 Å². The Morgan fingerprint density at radius 1 is 1.00 bits per heavy atom. The first-order valence-electron chi connectivity index (χ1n) is 16.1. The zero-order valence-corrected chi connectivity index (χ0v) is 27.3. The van der Waals surface area contributed by atoms with E-state index in [9.17, 15) is 14.9 Å². The number of carbonyl (C=O) groups excluding carboxylic acids is 2. The van der Waals surface area contributed by atoms with Crippen LogP contribution in [0.5, 0.6) is 0 Å². The second-order valence-electron chi connectivity index (χ2n) is 17.0. The van der Waals surface area contributed by atoms with E-state index in [-0.39, 0.29) is 50.6 Å². The molecule has 4 fully saturated rings. The van der Waals surface area contributed by atoms with E-state index in [0.717, 1.165) is 51.5 Å². The number of carbonyl (C=O) groups is 2. The van der Waals surface area contributed by atoms with Crippen LogP contribution in [0.2, 0.25) is 0 Å². The Morgan fingerprint density at radius 2 is 1.69 bits per heavy atom. The van der Waals surface area contributed by atoms with Crippen molar-refractivity contribution in [2.24, 2.45) is 63.2 Å². The molecule has 5 aliphatic rings. The number of fused-ring (bicyclic) bond motifs is 7. The van der Waals surface area contributed by atoms with Crippen LogP contribution in [0.1, 0.15) is 99.8 Å². The summed E-state index contributed by atoms with van der Waals surface area (Å²) in [6.07, 6.45) is 9.96. The predicted octanol–water partition coefficient (Wildman–Crippen LogP) is 5.95. The molecule has 0 aromatic carbocycles. The third-order valence-electron chi connectivity index (χ3n) is 14.0. The molecule has 0 amide bonds. The second kappa shape index (κ2) is 8.99. The predicted molar refractivity (Wildman–Crippen MR) is 161 cm³/mol. The summed E-state index contributed by atoms with van der Waals surface area (Å²) >= 11 is 0. The van der Waals surface area contributed by atoms with Crippen molar-refractivity contribution in [3.05, 3.63) is 11.6 Å². The number of rotatable bonds is 3. The highest BCUT2D eigenvalue weighted by molar-refractivity contribution is 6.04. The molecular weight excluding hydrogens is 524 g/mol. The molecule has 0 unspecified atom stereocenters. The summed E-state index contributed by atoms with van der Waals surface area (Å²) in [6.45, 7) is 16.8. The maximum Gasteiger partial charge on any atom is 0.265 e. The maximum absolute atomic E-state index is 14.8. The molecule has 8 nitrogen and oxygen atoms in total. The summed E-state index contributed by atoms with van der Waals surface area (Å²) < 4.78 is 0. The number of tetrazole rings is 1. The Labute approximate surface area is 251 Å². The van der Waals surface area contributed by atoms with E-state index < -0.39 is 5.41 Å². The zero-order chi connectivity index (χ0) is 30.7. The van der Waals surface area contributed by atoms with Crippen LogP contribution in [0.15, 0.2) is 11.6 Å². The second-order valence-corrected chi connectivity index (χ2v) is 17.0. The molecule has 0 radical (unpaired) electrons. The molecule has 0 spiro atoms. The van der Waals surface area contributed by atoms with Crippen LogP contribution < -0.4 is 4.90 Å². The first-order chi connectivity index (χ1) is 19.4. The van der Waals surface area contributed by atoms with E-state index in [1.165, 1.54) is 4.80 Å². The zero-order valence-electron chi connectivity index (χ0n) is 27.3. The number of allylic oxidation sites excluding steroid dienone is 2. The van der Waals surface area contributed by atoms with Crippen molar-refractivity contribution in [2.45, 2.75) is 99.8 Å². The van der Waals surface area contributed by atoms with E-state index >= 15 is 0 Å². The summed E-state index contributed by atoms with van der Waals surface area (Å²) in [5.41, 5.74) is -0.659. The molecule has 42 heavy (non-hydrogen) atoms. The molecule has 1 heterocycles. The van der Waals surface area contributed by atoms with Crippen molar-refractivity contribution in [1.29, 1.82) is 5.26 Å². The standard InChI is InChI=1S/C34H50N6O2/c1-29(2)12-14-34(20-39(8)28-36-38-40(9)37-28)15-13-33(7)26(22(34)18-29)23(41)16-25-31(5)17-21(19-35)27(42)30(3,4)24(31)10-11-32(25,33)6/h17,22,24-26H,10-16,18,20H2,1-9H3/t22-,24-,25+,26-,31-,32+,33+,34+/m0/s1. The third kappa shape index (κ3) is 3.80. The van der Waals surface area contributed by atoms with Crippen LogP contribution in [-0.2, 0) is 16.6 Å². The molecule has 8 heteroatoms. The molecule has 0 bridgehead atoms. The van der Waals surface area contributed by atoms with Gasteiger partial charge in [0.15, 0.2) is 5.78 Å². The first-order valence-corrected chi connectivity index (χ1v) is 16.1. The van der Waals surface area contributed by atoms with Crippen molar-refractivity contribution in [1.82, 2.24) is 20.2 Å². The Kier molecular flexibility index (Phi) is 6.31. The van der Waals surface area contributed by atoms with Gasteiger partial charge in [0.1, 0.15) is 11.9 Å². The molecule has 4 saturated carbocycles. The minimum atomic E-state index is -0.606. The molecule has 228 valence electrons. The number of Topliss-reactive ketones (excluding diaryl/α,β-unsaturated/α-hetero) is 2. The summed E-state index contributed by atoms with van der Waals surface area (Å²) in [4.78, 5) is 31.8. The fourth-order valence-corrected chi connectivity index (χ4v) is 11.7. The molecule has 8 atom stereocenters. The highest BCUT2D eigenvalue weighted by atomic mass is 16.1. The van der Waals surface area contributed by atoms with Gasteiger partial charge >= 0.3 is 0 Å². The van der Waals surface area contributed by atoms with E-state index in [1.54, 1.807) is 7.05 Å². The topological polar surface area (TPSA) is 105 Å². The molecule has 0 aliphatic heterocycles. The van der Waals surface area contributed by atoms with Gasteiger partial charge in [0.25, 0.3) is 5.95 Å². The SMILES string of the molecule is CN(C[C@]12CCC(C)(C)C[C@H]1[C@H]1C(=O)C[C@@H]3[C@@]4(C)C=C(C#N)C(=O)C(C)(C)[C@@H]4CC[C@@]3(C)[C@]1(C)CC2)c1nnn(C)n1. The average Bonchev–Trinajstić information content (AvgIpc) is 3.35. The van der Waals surface area contributed by atoms with Gasteiger partial charge in [-0.05, 0) is 95.0 Å². The molecular formula is C34H50N6O2. The Balaban J connectivity index is 1.42. The van der Waals surface area contributed by atoms with Gasteiger partial charge in [0, 0.05) is 31.3 Å². The van der Waals surface area contributed by atoms with Gasteiger partial charge < -0.3 is 4.90 Å². The summed E-state index contributed by atoms with van der Waals surface area (Å²) in [7, 11) is 3.87. The van der Waals surface area contributed by atoms with Gasteiger partial charge in [-0.15, -0.1) is 5.10 Å². The first kappa shape index (κ1) is 29.5. The van der Waals surface area contributed by atoms with Crippen LogP contribution >= 0.6 is 0 Å². The molecule has 5 aliphatic carbocycles. The van der Waals surface area contributed by atoms with E-state index in [2.05, 4.69) is 68.0 Å². The van der Waals surface area contributed by atoms with Crippen LogP contribution in [0, 0.1) is 67.5 Å². The van der Waals surface area contributed by atoms with Gasteiger partial charge in [0.2, 0.25) is 0 Å². The number of ketones is 2. The smallest absolute Gasteiger partial charge is 0.265 e. The van der Waals surface area contributed by atoms with Crippen molar-refractivity contribution < 1.29 is 9.59 Å². The number of aryl methyl sites for hydroxylation is 1. The number of hydrogen-bond donors (Lipinski definition) is 0. The van der Waals surface area contributed by atoms with Gasteiger partial charge in [-0.25, -0.2) is 0 Å². The molecule has 1 aromatic heterocycles. The van der Waals surface area contributed by atoms with Gasteiger partial charge in [-0.1, -0.05) is 59.6 Å². The quantitative estimate of drug-likeness (QED) is 0.440. The van der Waals surface area contributed by atoms with Crippen molar-refractivity contribution in [3.63, 3.8) is 0 Å². The Hall–Kier alpha value is -2.56. The fraction of sp³-hybridized carbons (Fsp3) is 0.824. The summed E-state index contributed by atoms with van der Waals surface area (Å²) in [5, 5.41) is 22.9. The molecule has 0 N–H and O–H groups in total. The summed E-state index contributed by atoms with van der Waals surface area (Å²) in [5.74, 6) is 1.57. The van der Waals surface area contributed by atoms with Gasteiger partial charge in [-0.3, -0.25) is 9.59 Å². The largest absolute Gasteiger partial charge is 0.341 e. The van der Waals surface area contributed by atoms with Crippen LogP contribution in [0.4, 0.5) is 5.95 Å². The summed E-state index contributed by atoms with van der Waals surface area (Å²) in [6, 6.07) is 2.24. The van der Waals surface area contributed by atoms with E-state index in [1.807, 2.05) is 19.9 Å². The Morgan fingerprint density at radius 3 is 2.33 bits per heavy atom.